The van der Waals surface area contributed by atoms with E-state index in [0.29, 0.717) is 28.2 Å². The van der Waals surface area contributed by atoms with Gasteiger partial charge in [0.1, 0.15) is 11.9 Å². The Morgan fingerprint density at radius 1 is 0.805 bits per heavy atom. The molecular formula is C33H26FNO6. The minimum atomic E-state index is -1.43. The van der Waals surface area contributed by atoms with E-state index in [0.717, 1.165) is 5.56 Å². The third-order valence-corrected chi connectivity index (χ3v) is 7.77. The molecule has 2 heterocycles. The molecule has 4 aromatic carbocycles. The van der Waals surface area contributed by atoms with Gasteiger partial charge in [0.25, 0.3) is 5.91 Å². The number of nitrogens with zero attached hydrogens (tertiary/aromatic N) is 1. The summed E-state index contributed by atoms with van der Waals surface area (Å²) in [6, 6.07) is 23.6. The number of hydrogen-bond donors (Lipinski definition) is 1. The fourth-order valence-electron chi connectivity index (χ4n) is 6.00. The smallest absolute Gasteiger partial charge is 0.327 e. The summed E-state index contributed by atoms with van der Waals surface area (Å²) in [5.74, 6) is -3.67. The molecule has 8 heteroatoms. The van der Waals surface area contributed by atoms with Crippen molar-refractivity contribution in [3.8, 4) is 11.5 Å². The van der Waals surface area contributed by atoms with Gasteiger partial charge in [-0.2, -0.15) is 0 Å². The van der Waals surface area contributed by atoms with Crippen LogP contribution >= 0.6 is 0 Å². The number of Topliss-reactive ketones (excluding diaryl/α,β-unsaturated/α-hetero) is 1. The summed E-state index contributed by atoms with van der Waals surface area (Å²) in [6.07, 6.45) is 0. The molecule has 206 valence electrons. The highest BCUT2D eigenvalue weighted by atomic mass is 19.1. The van der Waals surface area contributed by atoms with Crippen molar-refractivity contribution in [2.75, 3.05) is 6.79 Å². The highest BCUT2D eigenvalue weighted by Gasteiger charge is 2.57. The van der Waals surface area contributed by atoms with Crippen molar-refractivity contribution in [2.24, 2.45) is 5.92 Å². The molecule has 7 nitrogen and oxygen atoms in total. The van der Waals surface area contributed by atoms with Crippen molar-refractivity contribution in [1.29, 1.82) is 0 Å². The number of carbonyl (C=O) groups is 3. The van der Waals surface area contributed by atoms with Crippen molar-refractivity contribution < 1.29 is 33.4 Å². The second kappa shape index (κ2) is 10.5. The van der Waals surface area contributed by atoms with E-state index in [-0.39, 0.29) is 18.1 Å². The summed E-state index contributed by atoms with van der Waals surface area (Å²) in [6.45, 7) is 1.89. The molecule has 0 saturated carbocycles. The Hall–Kier alpha value is -4.98. The number of ether oxygens (including phenoxy) is 2. The number of aliphatic carboxylic acids is 1. The highest BCUT2D eigenvalue weighted by molar-refractivity contribution is 6.03. The van der Waals surface area contributed by atoms with E-state index in [9.17, 15) is 23.9 Å². The van der Waals surface area contributed by atoms with Gasteiger partial charge < -0.3 is 19.5 Å². The minimum absolute atomic E-state index is 0.0255. The Labute approximate surface area is 235 Å². The predicted octanol–water partition coefficient (Wildman–Crippen LogP) is 5.80. The van der Waals surface area contributed by atoms with Gasteiger partial charge in [-0.3, -0.25) is 9.59 Å². The number of carboxylic acids is 1. The van der Waals surface area contributed by atoms with Gasteiger partial charge in [0.15, 0.2) is 17.3 Å². The largest absolute Gasteiger partial charge is 0.480 e. The van der Waals surface area contributed by atoms with Crippen LogP contribution in [0.4, 0.5) is 4.39 Å². The lowest BCUT2D eigenvalue weighted by atomic mass is 9.76. The molecule has 2 aliphatic rings. The molecule has 1 N–H and O–H groups in total. The summed E-state index contributed by atoms with van der Waals surface area (Å²) < 4.78 is 25.1. The SMILES string of the molecule is Cc1cccc(C(=O)C2C(c3ccc(F)cc3)C(C(=O)O)N(C(=O)c3ccccc3)C2c2ccc3c(c2)OCO3)c1. The highest BCUT2D eigenvalue weighted by Crippen LogP contribution is 2.53. The molecule has 0 aromatic heterocycles. The standard InChI is InChI=1S/C33H26FNO6/c1-19-6-5-9-23(16-19)31(36)28-27(20-10-13-24(34)14-11-20)30(33(38)39)35(32(37)21-7-3-2-4-8-21)29(28)22-12-15-25-26(17-22)41-18-40-25/h2-17,27-30H,18H2,1H3,(H,38,39). The maximum Gasteiger partial charge on any atom is 0.327 e. The van der Waals surface area contributed by atoms with Crippen LogP contribution in [0.3, 0.4) is 0 Å². The van der Waals surface area contributed by atoms with E-state index >= 15 is 0 Å². The number of amides is 1. The average molecular weight is 552 g/mol. The van der Waals surface area contributed by atoms with Crippen LogP contribution in [0.5, 0.6) is 11.5 Å². The van der Waals surface area contributed by atoms with Gasteiger partial charge in [0.2, 0.25) is 6.79 Å². The first-order chi connectivity index (χ1) is 19.8. The van der Waals surface area contributed by atoms with Crippen LogP contribution in [-0.2, 0) is 4.79 Å². The fraction of sp³-hybridized carbons (Fsp3) is 0.182. The lowest BCUT2D eigenvalue weighted by molar-refractivity contribution is -0.142. The quantitative estimate of drug-likeness (QED) is 0.305. The zero-order valence-corrected chi connectivity index (χ0v) is 22.1. The zero-order chi connectivity index (χ0) is 28.7. The second-order valence-electron chi connectivity index (χ2n) is 10.3. The number of fused-ring (bicyclic) bond motifs is 1. The monoisotopic (exact) mass is 551 g/mol. The normalized spacial score (nSPS) is 21.1. The number of ketones is 1. The van der Waals surface area contributed by atoms with Gasteiger partial charge in [-0.05, 0) is 60.5 Å². The molecule has 41 heavy (non-hydrogen) atoms. The van der Waals surface area contributed by atoms with Crippen LogP contribution in [0, 0.1) is 18.7 Å². The van der Waals surface area contributed by atoms with Crippen LogP contribution in [0.1, 0.15) is 49.4 Å². The number of carboxylic acid groups (broad SMARTS) is 1. The van der Waals surface area contributed by atoms with Gasteiger partial charge in [-0.1, -0.05) is 60.2 Å². The zero-order valence-electron chi connectivity index (χ0n) is 22.1. The van der Waals surface area contributed by atoms with Crippen LogP contribution in [0.15, 0.2) is 97.1 Å². The minimum Gasteiger partial charge on any atom is -0.480 e. The Morgan fingerprint density at radius 2 is 1.49 bits per heavy atom. The Morgan fingerprint density at radius 3 is 2.20 bits per heavy atom. The van der Waals surface area contributed by atoms with Crippen molar-refractivity contribution >= 4 is 17.7 Å². The molecule has 0 bridgehead atoms. The number of carbonyl (C=O) groups excluding carboxylic acids is 2. The van der Waals surface area contributed by atoms with Crippen molar-refractivity contribution in [1.82, 2.24) is 4.90 Å². The first kappa shape index (κ1) is 26.3. The van der Waals surface area contributed by atoms with Crippen LogP contribution in [0.25, 0.3) is 0 Å². The van der Waals surface area contributed by atoms with Crippen LogP contribution in [0.2, 0.25) is 0 Å². The maximum atomic E-state index is 14.5. The molecule has 6 rings (SSSR count). The summed E-state index contributed by atoms with van der Waals surface area (Å²) in [7, 11) is 0. The molecule has 1 saturated heterocycles. The molecule has 1 fully saturated rings. The van der Waals surface area contributed by atoms with Crippen molar-refractivity contribution in [3.05, 3.63) is 131 Å². The topological polar surface area (TPSA) is 93.1 Å². The first-order valence-corrected chi connectivity index (χ1v) is 13.2. The van der Waals surface area contributed by atoms with E-state index in [2.05, 4.69) is 0 Å². The fourth-order valence-corrected chi connectivity index (χ4v) is 6.00. The number of benzene rings is 4. The van der Waals surface area contributed by atoms with Gasteiger partial charge in [0, 0.05) is 17.0 Å². The van der Waals surface area contributed by atoms with Crippen LogP contribution < -0.4 is 9.47 Å². The third kappa shape index (κ3) is 4.71. The molecular weight excluding hydrogens is 525 g/mol. The lowest BCUT2D eigenvalue weighted by Crippen LogP contribution is -2.43. The van der Waals surface area contributed by atoms with E-state index in [1.54, 1.807) is 66.7 Å². The second-order valence-corrected chi connectivity index (χ2v) is 10.3. The van der Waals surface area contributed by atoms with Gasteiger partial charge in [-0.25, -0.2) is 9.18 Å². The van der Waals surface area contributed by atoms with E-state index < -0.39 is 41.6 Å². The molecule has 1 amide bonds. The lowest BCUT2D eigenvalue weighted by Gasteiger charge is -2.30. The van der Waals surface area contributed by atoms with E-state index in [1.807, 2.05) is 13.0 Å². The number of halogens is 1. The van der Waals surface area contributed by atoms with Crippen molar-refractivity contribution in [3.63, 3.8) is 0 Å². The van der Waals surface area contributed by atoms with E-state index in [1.165, 1.54) is 29.2 Å². The summed E-state index contributed by atoms with van der Waals surface area (Å²) >= 11 is 0. The average Bonchev–Trinajstić information content (AvgIpc) is 3.60. The number of likely N-dealkylation sites (tertiary alicyclic amines) is 1. The number of hydrogen-bond acceptors (Lipinski definition) is 5. The van der Waals surface area contributed by atoms with Gasteiger partial charge >= 0.3 is 5.97 Å². The third-order valence-electron chi connectivity index (χ3n) is 7.77. The molecule has 0 spiro atoms. The maximum absolute atomic E-state index is 14.5. The molecule has 4 unspecified atom stereocenters. The molecule has 4 atom stereocenters. The van der Waals surface area contributed by atoms with Crippen LogP contribution in [-0.4, -0.2) is 40.5 Å². The summed E-state index contributed by atoms with van der Waals surface area (Å²) in [4.78, 5) is 43.1. The predicted molar refractivity (Wildman–Crippen MR) is 147 cm³/mol. The molecule has 4 aromatic rings. The van der Waals surface area contributed by atoms with Gasteiger partial charge in [0.05, 0.1) is 12.0 Å². The first-order valence-electron chi connectivity index (χ1n) is 13.2. The number of aryl methyl sites for hydroxylation is 1. The summed E-state index contributed by atoms with van der Waals surface area (Å²) in [5, 5.41) is 10.7. The summed E-state index contributed by atoms with van der Waals surface area (Å²) in [5.41, 5.74) is 2.51. The molecule has 2 aliphatic heterocycles. The number of rotatable bonds is 6. The molecule has 0 radical (unpaired) electrons. The Balaban J connectivity index is 1.61. The van der Waals surface area contributed by atoms with Crippen molar-refractivity contribution in [2.45, 2.75) is 24.9 Å². The Kier molecular flexibility index (Phi) is 6.75. The van der Waals surface area contributed by atoms with Gasteiger partial charge in [-0.15, -0.1) is 0 Å². The van der Waals surface area contributed by atoms with E-state index in [4.69, 9.17) is 9.47 Å². The Bertz CT molecular complexity index is 1640. The molecule has 0 aliphatic carbocycles.